The number of carbonyl (C=O) groups excluding carboxylic acids is 3. The number of carbonyl (C=O) groups is 3. The Bertz CT molecular complexity index is 1390. The molecule has 2 aromatic heterocycles. The van der Waals surface area contributed by atoms with E-state index in [9.17, 15) is 14.4 Å². The van der Waals surface area contributed by atoms with Gasteiger partial charge in [0.25, 0.3) is 17.7 Å². The van der Waals surface area contributed by atoms with Gasteiger partial charge in [-0.25, -0.2) is 4.90 Å². The molecule has 1 aliphatic rings. The molecule has 5 rings (SSSR count). The van der Waals surface area contributed by atoms with Crippen molar-refractivity contribution in [1.29, 1.82) is 0 Å². The summed E-state index contributed by atoms with van der Waals surface area (Å²) in [5.74, 6) is -1.26. The molecule has 0 aliphatic carbocycles. The van der Waals surface area contributed by atoms with Crippen molar-refractivity contribution in [2.24, 2.45) is 0 Å². The molecule has 32 heavy (non-hydrogen) atoms. The summed E-state index contributed by atoms with van der Waals surface area (Å²) in [4.78, 5) is 41.0. The lowest BCUT2D eigenvalue weighted by Gasteiger charge is -2.17. The summed E-state index contributed by atoms with van der Waals surface area (Å²) in [5, 5.41) is 13.9. The van der Waals surface area contributed by atoms with Gasteiger partial charge in [0.2, 0.25) is 5.13 Å². The van der Waals surface area contributed by atoms with Crippen LogP contribution in [0.3, 0.4) is 0 Å². The second kappa shape index (κ2) is 7.77. The first-order chi connectivity index (χ1) is 15.4. The highest BCUT2D eigenvalue weighted by atomic mass is 32.1. The summed E-state index contributed by atoms with van der Waals surface area (Å²) in [7, 11) is 0. The van der Waals surface area contributed by atoms with Crippen LogP contribution in [-0.2, 0) is 0 Å². The number of nitrogens with one attached hydrogen (secondary N) is 1. The maximum absolute atomic E-state index is 13.1. The average Bonchev–Trinajstić information content (AvgIpc) is 3.52. The van der Waals surface area contributed by atoms with Gasteiger partial charge in [-0.05, 0) is 60.7 Å². The second-order valence-corrected chi connectivity index (χ2v) is 9.19. The smallest absolute Gasteiger partial charge is 0.266 e. The number of anilines is 2. The molecule has 1 aliphatic heterocycles. The van der Waals surface area contributed by atoms with E-state index in [-0.39, 0.29) is 16.7 Å². The fourth-order valence-electron chi connectivity index (χ4n) is 3.52. The van der Waals surface area contributed by atoms with Crippen LogP contribution in [0.25, 0.3) is 9.88 Å². The highest BCUT2D eigenvalue weighted by Crippen LogP contribution is 2.33. The number of fused-ring (bicyclic) bond motifs is 1. The standard InChI is InChI=1S/C23H16N4O3S2/c1-12-5-3-6-17(13(12)2)27-21(29)15-9-8-14(11-16(15)22(27)30)19(28)24-23-26-25-20(32-23)18-7-4-10-31-18/h3-11H,1-2H3,(H,24,26,28). The van der Waals surface area contributed by atoms with E-state index in [2.05, 4.69) is 15.5 Å². The van der Waals surface area contributed by atoms with Crippen molar-refractivity contribution in [3.05, 3.63) is 81.7 Å². The number of imide groups is 1. The lowest BCUT2D eigenvalue weighted by molar-refractivity contribution is 0.0925. The van der Waals surface area contributed by atoms with Crippen LogP contribution in [0.1, 0.15) is 42.2 Å². The summed E-state index contributed by atoms with van der Waals surface area (Å²) in [6.07, 6.45) is 0. The summed E-state index contributed by atoms with van der Waals surface area (Å²) < 4.78 is 0. The topological polar surface area (TPSA) is 92.3 Å². The first kappa shape index (κ1) is 20.2. The fraction of sp³-hybridized carbons (Fsp3) is 0.0870. The number of rotatable bonds is 4. The first-order valence-electron chi connectivity index (χ1n) is 9.72. The molecule has 3 amide bonds. The molecule has 4 aromatic rings. The third kappa shape index (κ3) is 3.31. The van der Waals surface area contributed by atoms with E-state index < -0.39 is 17.7 Å². The van der Waals surface area contributed by atoms with Crippen LogP contribution in [0.2, 0.25) is 0 Å². The van der Waals surface area contributed by atoms with Gasteiger partial charge in [-0.2, -0.15) is 0 Å². The van der Waals surface area contributed by atoms with Crippen LogP contribution >= 0.6 is 22.7 Å². The maximum atomic E-state index is 13.1. The minimum atomic E-state index is -0.441. The Labute approximate surface area is 191 Å². The largest absolute Gasteiger partial charge is 0.296 e. The van der Waals surface area contributed by atoms with Gasteiger partial charge in [0.05, 0.1) is 21.7 Å². The van der Waals surface area contributed by atoms with Gasteiger partial charge < -0.3 is 0 Å². The molecule has 0 atom stereocenters. The van der Waals surface area contributed by atoms with Crippen molar-refractivity contribution in [1.82, 2.24) is 10.2 Å². The van der Waals surface area contributed by atoms with Crippen molar-refractivity contribution in [2.75, 3.05) is 10.2 Å². The van der Waals surface area contributed by atoms with E-state index in [1.54, 1.807) is 6.07 Å². The van der Waals surface area contributed by atoms with Gasteiger partial charge in [-0.3, -0.25) is 19.7 Å². The minimum Gasteiger partial charge on any atom is -0.296 e. The van der Waals surface area contributed by atoms with E-state index in [1.165, 1.54) is 45.8 Å². The zero-order valence-corrected chi connectivity index (χ0v) is 18.7. The van der Waals surface area contributed by atoms with Crippen molar-refractivity contribution in [3.63, 3.8) is 0 Å². The quantitative estimate of drug-likeness (QED) is 0.436. The Morgan fingerprint density at radius 2 is 1.78 bits per heavy atom. The fourth-order valence-corrected chi connectivity index (χ4v) is 5.05. The summed E-state index contributed by atoms with van der Waals surface area (Å²) >= 11 is 2.81. The molecule has 2 aromatic carbocycles. The summed E-state index contributed by atoms with van der Waals surface area (Å²) in [5.41, 5.74) is 3.15. The van der Waals surface area contributed by atoms with Crippen molar-refractivity contribution in [3.8, 4) is 9.88 Å². The van der Waals surface area contributed by atoms with Crippen LogP contribution in [0.5, 0.6) is 0 Å². The lowest BCUT2D eigenvalue weighted by Crippen LogP contribution is -2.30. The van der Waals surface area contributed by atoms with Gasteiger partial charge in [-0.15, -0.1) is 21.5 Å². The van der Waals surface area contributed by atoms with Crippen LogP contribution < -0.4 is 10.2 Å². The SMILES string of the molecule is Cc1cccc(N2C(=O)c3ccc(C(=O)Nc4nnc(-c5cccs5)s4)cc3C2=O)c1C. The molecule has 3 heterocycles. The zero-order valence-electron chi connectivity index (χ0n) is 17.1. The van der Waals surface area contributed by atoms with Gasteiger partial charge >= 0.3 is 0 Å². The molecule has 0 radical (unpaired) electrons. The predicted octanol–water partition coefficient (Wildman–Crippen LogP) is 4.94. The van der Waals surface area contributed by atoms with Gasteiger partial charge in [0.1, 0.15) is 0 Å². The molecular weight excluding hydrogens is 444 g/mol. The number of benzene rings is 2. The number of nitrogens with zero attached hydrogens (tertiary/aromatic N) is 3. The van der Waals surface area contributed by atoms with Crippen molar-refractivity contribution < 1.29 is 14.4 Å². The number of hydrogen-bond acceptors (Lipinski definition) is 7. The molecule has 0 fully saturated rings. The second-order valence-electron chi connectivity index (χ2n) is 7.27. The molecule has 0 bridgehead atoms. The number of thiophene rings is 1. The summed E-state index contributed by atoms with van der Waals surface area (Å²) in [6.45, 7) is 3.80. The third-order valence-corrected chi connectivity index (χ3v) is 7.22. The molecule has 1 N–H and O–H groups in total. The van der Waals surface area contributed by atoms with Crippen LogP contribution in [0.4, 0.5) is 10.8 Å². The van der Waals surface area contributed by atoms with E-state index in [4.69, 9.17) is 0 Å². The Kier molecular flexibility index (Phi) is 4.91. The molecule has 0 saturated carbocycles. The molecule has 0 spiro atoms. The lowest BCUT2D eigenvalue weighted by atomic mass is 10.1. The minimum absolute atomic E-state index is 0.208. The Morgan fingerprint density at radius 3 is 2.56 bits per heavy atom. The van der Waals surface area contributed by atoms with Gasteiger partial charge in [-0.1, -0.05) is 29.5 Å². The Morgan fingerprint density at radius 1 is 0.969 bits per heavy atom. The van der Waals surface area contributed by atoms with Gasteiger partial charge in [0, 0.05) is 5.56 Å². The molecule has 158 valence electrons. The molecule has 0 unspecified atom stereocenters. The van der Waals surface area contributed by atoms with Crippen molar-refractivity contribution >= 4 is 51.2 Å². The third-order valence-electron chi connectivity index (χ3n) is 5.34. The number of aromatic nitrogens is 2. The van der Waals surface area contributed by atoms with Crippen LogP contribution in [0.15, 0.2) is 53.9 Å². The monoisotopic (exact) mass is 460 g/mol. The number of aryl methyl sites for hydroxylation is 1. The predicted molar refractivity (Wildman–Crippen MR) is 125 cm³/mol. The zero-order chi connectivity index (χ0) is 22.4. The Hall–Kier alpha value is -3.69. The average molecular weight is 461 g/mol. The Balaban J connectivity index is 1.41. The highest BCUT2D eigenvalue weighted by molar-refractivity contribution is 7.23. The molecule has 7 nitrogen and oxygen atoms in total. The molecular formula is C23H16N4O3S2. The van der Waals surface area contributed by atoms with Crippen LogP contribution in [-0.4, -0.2) is 27.9 Å². The highest BCUT2D eigenvalue weighted by Gasteiger charge is 2.38. The van der Waals surface area contributed by atoms with Crippen molar-refractivity contribution in [2.45, 2.75) is 13.8 Å². The number of amides is 3. The molecule has 0 saturated heterocycles. The van der Waals surface area contributed by atoms with E-state index in [1.807, 2.05) is 43.5 Å². The van der Waals surface area contributed by atoms with Gasteiger partial charge in [0.15, 0.2) is 5.01 Å². The molecule has 9 heteroatoms. The van der Waals surface area contributed by atoms with E-state index in [0.29, 0.717) is 15.8 Å². The normalized spacial score (nSPS) is 12.9. The number of hydrogen-bond donors (Lipinski definition) is 1. The summed E-state index contributed by atoms with van der Waals surface area (Å²) in [6, 6.07) is 13.9. The van der Waals surface area contributed by atoms with E-state index in [0.717, 1.165) is 16.0 Å². The first-order valence-corrected chi connectivity index (χ1v) is 11.4. The van der Waals surface area contributed by atoms with Crippen LogP contribution in [0, 0.1) is 13.8 Å². The van der Waals surface area contributed by atoms with E-state index >= 15 is 0 Å². The maximum Gasteiger partial charge on any atom is 0.266 e.